The van der Waals surface area contributed by atoms with E-state index in [0.29, 0.717) is 6.54 Å². The Hall–Kier alpha value is -1.56. The molecule has 1 rings (SSSR count). The zero-order valence-corrected chi connectivity index (χ0v) is 11.6. The van der Waals surface area contributed by atoms with Crippen molar-refractivity contribution in [3.8, 4) is 0 Å². The van der Waals surface area contributed by atoms with Crippen LogP contribution in [-0.4, -0.2) is 22.6 Å². The van der Waals surface area contributed by atoms with E-state index in [1.165, 1.54) is 19.4 Å². The lowest BCUT2D eigenvalue weighted by atomic mass is 10.1. The number of carbonyl (C=O) groups excluding carboxylic acids is 1. The molecule has 2 amide bonds. The van der Waals surface area contributed by atoms with Gasteiger partial charge in [-0.2, -0.15) is 0 Å². The summed E-state index contributed by atoms with van der Waals surface area (Å²) in [5.74, 6) is -1.07. The number of carboxylic acids is 1. The molecule has 0 radical (unpaired) electrons. The summed E-state index contributed by atoms with van der Waals surface area (Å²) >= 11 is 1.58. The third-order valence-corrected chi connectivity index (χ3v) is 3.55. The number of thiophene rings is 1. The molecule has 0 unspecified atom stereocenters. The molecule has 5 nitrogen and oxygen atoms in total. The average Bonchev–Trinajstić information content (AvgIpc) is 2.72. The van der Waals surface area contributed by atoms with Gasteiger partial charge in [-0.05, 0) is 37.3 Å². The van der Waals surface area contributed by atoms with E-state index in [1.54, 1.807) is 11.3 Å². The Bertz CT molecular complexity index is 440. The minimum absolute atomic E-state index is 0.419. The number of urea groups is 1. The fourth-order valence-corrected chi connectivity index (χ4v) is 2.30. The molecule has 100 valence electrons. The van der Waals surface area contributed by atoms with Crippen molar-refractivity contribution in [3.05, 3.63) is 21.9 Å². The Labute approximate surface area is 110 Å². The first-order valence-electron chi connectivity index (χ1n) is 5.71. The van der Waals surface area contributed by atoms with Crippen molar-refractivity contribution in [2.75, 3.05) is 0 Å². The minimum atomic E-state index is -1.27. The Kier molecular flexibility index (Phi) is 4.72. The second-order valence-electron chi connectivity index (χ2n) is 4.46. The molecule has 1 heterocycles. The first-order valence-corrected chi connectivity index (χ1v) is 6.59. The van der Waals surface area contributed by atoms with Crippen LogP contribution in [0.1, 0.15) is 31.2 Å². The average molecular weight is 270 g/mol. The molecule has 6 heteroatoms. The Morgan fingerprint density at radius 3 is 2.67 bits per heavy atom. The lowest BCUT2D eigenvalue weighted by Gasteiger charge is -2.21. The standard InChI is InChI=1S/C12H18N2O3S/c1-4-8-5-6-18-9(8)7-13-11(17)14-12(2,3)10(15)16/h5-6H,4,7H2,1-3H3,(H,15,16)(H2,13,14,17). The Morgan fingerprint density at radius 2 is 2.11 bits per heavy atom. The van der Waals surface area contributed by atoms with Gasteiger partial charge in [0.05, 0.1) is 6.54 Å². The monoisotopic (exact) mass is 270 g/mol. The lowest BCUT2D eigenvalue weighted by molar-refractivity contribution is -0.142. The number of carboxylic acid groups (broad SMARTS) is 1. The topological polar surface area (TPSA) is 78.4 Å². The quantitative estimate of drug-likeness (QED) is 0.765. The number of aryl methyl sites for hydroxylation is 1. The summed E-state index contributed by atoms with van der Waals surface area (Å²) in [4.78, 5) is 23.5. The minimum Gasteiger partial charge on any atom is -0.480 e. The number of amides is 2. The van der Waals surface area contributed by atoms with Crippen LogP contribution in [0, 0.1) is 0 Å². The van der Waals surface area contributed by atoms with Gasteiger partial charge in [0.2, 0.25) is 0 Å². The van der Waals surface area contributed by atoms with Gasteiger partial charge in [0.1, 0.15) is 5.54 Å². The summed E-state index contributed by atoms with van der Waals surface area (Å²) < 4.78 is 0. The van der Waals surface area contributed by atoms with Crippen LogP contribution in [0.5, 0.6) is 0 Å². The van der Waals surface area contributed by atoms with E-state index in [-0.39, 0.29) is 0 Å². The Balaban J connectivity index is 2.50. The van der Waals surface area contributed by atoms with Gasteiger partial charge in [0.15, 0.2) is 0 Å². The van der Waals surface area contributed by atoms with Crippen molar-refractivity contribution >= 4 is 23.3 Å². The van der Waals surface area contributed by atoms with E-state index in [1.807, 2.05) is 11.4 Å². The molecule has 1 aromatic heterocycles. The molecule has 0 bridgehead atoms. The van der Waals surface area contributed by atoms with Crippen LogP contribution in [0.15, 0.2) is 11.4 Å². The van der Waals surface area contributed by atoms with Crippen molar-refractivity contribution in [3.63, 3.8) is 0 Å². The zero-order valence-electron chi connectivity index (χ0n) is 10.7. The molecule has 0 atom stereocenters. The summed E-state index contributed by atoms with van der Waals surface area (Å²) in [5, 5.41) is 15.9. The van der Waals surface area contributed by atoms with Crippen LogP contribution in [0.4, 0.5) is 4.79 Å². The van der Waals surface area contributed by atoms with Crippen LogP contribution in [0.3, 0.4) is 0 Å². The van der Waals surface area contributed by atoms with Crippen molar-refractivity contribution in [1.29, 1.82) is 0 Å². The van der Waals surface area contributed by atoms with Crippen molar-refractivity contribution < 1.29 is 14.7 Å². The van der Waals surface area contributed by atoms with Gasteiger partial charge >= 0.3 is 12.0 Å². The predicted octanol–water partition coefficient (Wildman–Crippen LogP) is 1.97. The molecule has 0 aliphatic rings. The normalized spacial score (nSPS) is 11.1. The molecule has 1 aromatic rings. The van der Waals surface area contributed by atoms with Crippen LogP contribution in [-0.2, 0) is 17.8 Å². The van der Waals surface area contributed by atoms with Crippen molar-refractivity contribution in [2.45, 2.75) is 39.3 Å². The van der Waals surface area contributed by atoms with E-state index in [2.05, 4.69) is 17.6 Å². The zero-order chi connectivity index (χ0) is 13.8. The summed E-state index contributed by atoms with van der Waals surface area (Å²) in [7, 11) is 0. The van der Waals surface area contributed by atoms with Crippen LogP contribution < -0.4 is 10.6 Å². The van der Waals surface area contributed by atoms with E-state index in [9.17, 15) is 9.59 Å². The second-order valence-corrected chi connectivity index (χ2v) is 5.46. The SMILES string of the molecule is CCc1ccsc1CNC(=O)NC(C)(C)C(=O)O. The van der Waals surface area contributed by atoms with Gasteiger partial charge in [-0.3, -0.25) is 0 Å². The maximum atomic E-state index is 11.6. The number of aliphatic carboxylic acids is 1. The van der Waals surface area contributed by atoms with Gasteiger partial charge < -0.3 is 15.7 Å². The van der Waals surface area contributed by atoms with E-state index in [4.69, 9.17) is 5.11 Å². The fraction of sp³-hybridized carbons (Fsp3) is 0.500. The number of hydrogen-bond acceptors (Lipinski definition) is 3. The molecular weight excluding hydrogens is 252 g/mol. The molecule has 18 heavy (non-hydrogen) atoms. The molecule has 0 spiro atoms. The van der Waals surface area contributed by atoms with Gasteiger partial charge in [-0.25, -0.2) is 9.59 Å². The van der Waals surface area contributed by atoms with Crippen LogP contribution >= 0.6 is 11.3 Å². The third kappa shape index (κ3) is 3.73. The molecule has 0 saturated carbocycles. The molecule has 0 aliphatic heterocycles. The molecular formula is C12H18N2O3S. The molecule has 0 aromatic carbocycles. The second kappa shape index (κ2) is 5.86. The lowest BCUT2D eigenvalue weighted by Crippen LogP contribution is -2.52. The largest absolute Gasteiger partial charge is 0.480 e. The van der Waals surface area contributed by atoms with Gasteiger partial charge in [-0.1, -0.05) is 6.92 Å². The number of hydrogen-bond donors (Lipinski definition) is 3. The van der Waals surface area contributed by atoms with Gasteiger partial charge in [0, 0.05) is 4.88 Å². The smallest absolute Gasteiger partial charge is 0.328 e. The Morgan fingerprint density at radius 1 is 1.44 bits per heavy atom. The number of rotatable bonds is 5. The summed E-state index contributed by atoms with van der Waals surface area (Å²) in [6, 6.07) is 1.55. The highest BCUT2D eigenvalue weighted by Crippen LogP contribution is 2.16. The van der Waals surface area contributed by atoms with Crippen molar-refractivity contribution in [1.82, 2.24) is 10.6 Å². The highest BCUT2D eigenvalue weighted by Gasteiger charge is 2.28. The summed E-state index contributed by atoms with van der Waals surface area (Å²) in [6.45, 7) is 5.36. The molecule has 0 fully saturated rings. The van der Waals surface area contributed by atoms with E-state index in [0.717, 1.165) is 11.3 Å². The number of nitrogens with one attached hydrogen (secondary N) is 2. The summed E-state index contributed by atoms with van der Waals surface area (Å²) in [6.07, 6.45) is 0.919. The van der Waals surface area contributed by atoms with E-state index >= 15 is 0 Å². The van der Waals surface area contributed by atoms with Crippen LogP contribution in [0.25, 0.3) is 0 Å². The van der Waals surface area contributed by atoms with Gasteiger partial charge in [-0.15, -0.1) is 11.3 Å². The molecule has 0 saturated heterocycles. The highest BCUT2D eigenvalue weighted by molar-refractivity contribution is 7.10. The maximum absolute atomic E-state index is 11.6. The molecule has 0 aliphatic carbocycles. The number of carbonyl (C=O) groups is 2. The van der Waals surface area contributed by atoms with E-state index < -0.39 is 17.5 Å². The van der Waals surface area contributed by atoms with Crippen LogP contribution in [0.2, 0.25) is 0 Å². The predicted molar refractivity (Wildman–Crippen MR) is 70.8 cm³/mol. The van der Waals surface area contributed by atoms with Crippen molar-refractivity contribution in [2.24, 2.45) is 0 Å². The maximum Gasteiger partial charge on any atom is 0.328 e. The highest BCUT2D eigenvalue weighted by atomic mass is 32.1. The first kappa shape index (κ1) is 14.5. The fourth-order valence-electron chi connectivity index (χ4n) is 1.38. The summed E-state index contributed by atoms with van der Waals surface area (Å²) in [5.41, 5.74) is -0.0644. The van der Waals surface area contributed by atoms with Gasteiger partial charge in [0.25, 0.3) is 0 Å². The molecule has 3 N–H and O–H groups in total. The first-order chi connectivity index (χ1) is 8.36. The third-order valence-electron chi connectivity index (χ3n) is 2.59.